The predicted octanol–water partition coefficient (Wildman–Crippen LogP) is 13.1. The molecule has 1 aliphatic carbocycles. The Morgan fingerprint density at radius 2 is 0.979 bits per heavy atom. The molecule has 0 saturated carbocycles. The molecule has 9 rings (SSSR count). The van der Waals surface area contributed by atoms with E-state index < -0.39 is 0 Å². The van der Waals surface area contributed by atoms with Crippen LogP contribution in [0.15, 0.2) is 176 Å². The number of rotatable bonds is 5. The second-order valence-corrected chi connectivity index (χ2v) is 13.4. The van der Waals surface area contributed by atoms with Crippen molar-refractivity contribution in [2.24, 2.45) is 0 Å². The summed E-state index contributed by atoms with van der Waals surface area (Å²) in [5, 5.41) is 5.15. The van der Waals surface area contributed by atoms with E-state index in [-0.39, 0.29) is 5.41 Å². The summed E-state index contributed by atoms with van der Waals surface area (Å²) in [4.78, 5) is 2.43. The summed E-state index contributed by atoms with van der Waals surface area (Å²) in [5.41, 5.74) is 13.5. The Balaban J connectivity index is 1.27. The summed E-state index contributed by atoms with van der Waals surface area (Å²) < 4.78 is 0. The van der Waals surface area contributed by atoms with E-state index in [0.717, 1.165) is 11.4 Å². The first-order valence-corrected chi connectivity index (χ1v) is 16.8. The van der Waals surface area contributed by atoms with Crippen molar-refractivity contribution in [1.82, 2.24) is 0 Å². The molecule has 8 aromatic rings. The molecule has 0 aromatic heterocycles. The van der Waals surface area contributed by atoms with Crippen molar-refractivity contribution in [3.05, 3.63) is 187 Å². The summed E-state index contributed by atoms with van der Waals surface area (Å²) in [6.07, 6.45) is 0. The SMILES string of the molecule is CC1(C)c2cc(-c3ccc4ccccc4c3)ccc2-c2c(N(c3ccccc3)c3ccc(-c4ccccc4)cc3)ccc3cccc1c23. The zero-order valence-corrected chi connectivity index (χ0v) is 27.2. The van der Waals surface area contributed by atoms with Gasteiger partial charge in [-0.05, 0) is 103 Å². The highest BCUT2D eigenvalue weighted by molar-refractivity contribution is 6.10. The minimum Gasteiger partial charge on any atom is -0.310 e. The van der Waals surface area contributed by atoms with Crippen LogP contribution in [0.3, 0.4) is 0 Å². The van der Waals surface area contributed by atoms with Crippen LogP contribution in [-0.2, 0) is 5.41 Å². The van der Waals surface area contributed by atoms with Gasteiger partial charge in [0.1, 0.15) is 0 Å². The van der Waals surface area contributed by atoms with Gasteiger partial charge in [0.15, 0.2) is 0 Å². The second kappa shape index (κ2) is 11.1. The molecule has 1 nitrogen and oxygen atoms in total. The van der Waals surface area contributed by atoms with Gasteiger partial charge < -0.3 is 4.90 Å². The molecule has 0 spiro atoms. The maximum absolute atomic E-state index is 2.44. The van der Waals surface area contributed by atoms with Crippen LogP contribution >= 0.6 is 0 Å². The van der Waals surface area contributed by atoms with Gasteiger partial charge in [-0.25, -0.2) is 0 Å². The van der Waals surface area contributed by atoms with Crippen molar-refractivity contribution in [3.8, 4) is 33.4 Å². The summed E-state index contributed by atoms with van der Waals surface area (Å²) in [7, 11) is 0. The zero-order valence-electron chi connectivity index (χ0n) is 27.2. The van der Waals surface area contributed by atoms with Crippen LogP contribution < -0.4 is 4.90 Å². The van der Waals surface area contributed by atoms with Crippen LogP contribution in [0, 0.1) is 0 Å². The number of fused-ring (bicyclic) bond motifs is 3. The first-order valence-electron chi connectivity index (χ1n) is 16.8. The van der Waals surface area contributed by atoms with E-state index in [9.17, 15) is 0 Å². The van der Waals surface area contributed by atoms with Gasteiger partial charge in [0, 0.05) is 22.4 Å². The summed E-state index contributed by atoms with van der Waals surface area (Å²) in [5.74, 6) is 0. The Morgan fingerprint density at radius 1 is 0.396 bits per heavy atom. The molecule has 0 radical (unpaired) electrons. The number of nitrogens with zero attached hydrogens (tertiary/aromatic N) is 1. The zero-order chi connectivity index (χ0) is 32.2. The molecular weight excluding hydrogens is 579 g/mol. The molecule has 0 unspecified atom stereocenters. The van der Waals surface area contributed by atoms with Crippen molar-refractivity contribution in [3.63, 3.8) is 0 Å². The van der Waals surface area contributed by atoms with Crippen LogP contribution in [0.2, 0.25) is 0 Å². The molecule has 0 saturated heterocycles. The van der Waals surface area contributed by atoms with Crippen molar-refractivity contribution in [2.45, 2.75) is 19.3 Å². The van der Waals surface area contributed by atoms with Crippen molar-refractivity contribution in [2.75, 3.05) is 4.90 Å². The molecule has 8 aromatic carbocycles. The average molecular weight is 614 g/mol. The predicted molar refractivity (Wildman–Crippen MR) is 205 cm³/mol. The van der Waals surface area contributed by atoms with Crippen molar-refractivity contribution in [1.29, 1.82) is 0 Å². The molecule has 0 fully saturated rings. The molecule has 0 N–H and O–H groups in total. The second-order valence-electron chi connectivity index (χ2n) is 13.4. The maximum atomic E-state index is 2.44. The van der Waals surface area contributed by atoms with E-state index in [1.807, 2.05) is 0 Å². The number of benzene rings is 8. The third-order valence-corrected chi connectivity index (χ3v) is 10.2. The van der Waals surface area contributed by atoms with Crippen molar-refractivity contribution >= 4 is 38.6 Å². The normalized spacial score (nSPS) is 13.0. The van der Waals surface area contributed by atoms with Crippen LogP contribution in [0.4, 0.5) is 17.1 Å². The fraction of sp³-hybridized carbons (Fsp3) is 0.0638. The van der Waals surface area contributed by atoms with E-state index in [1.165, 1.54) is 71.7 Å². The Kier molecular flexibility index (Phi) is 6.55. The standard InChI is InChI=1S/C47H35N/c1-47(2)42-19-11-16-35-25-29-44(48(39-17-7-4-8-18-39)40-26-22-34(23-27-40)32-12-5-3-6-13-32)46(45(35)42)41-28-24-38(31-43(41)47)37-21-20-33-14-9-10-15-36(33)30-37/h3-31H,1-2H3. The van der Waals surface area contributed by atoms with Crippen LogP contribution in [0.25, 0.3) is 54.9 Å². The number of hydrogen-bond acceptors (Lipinski definition) is 1. The highest BCUT2D eigenvalue weighted by Gasteiger charge is 2.36. The van der Waals surface area contributed by atoms with Gasteiger partial charge in [0.25, 0.3) is 0 Å². The van der Waals surface area contributed by atoms with Gasteiger partial charge in [-0.15, -0.1) is 0 Å². The summed E-state index contributed by atoms with van der Waals surface area (Å²) in [6.45, 7) is 4.77. The number of hydrogen-bond donors (Lipinski definition) is 0. The average Bonchev–Trinajstić information content (AvgIpc) is 3.15. The largest absolute Gasteiger partial charge is 0.310 e. The molecule has 0 heterocycles. The van der Waals surface area contributed by atoms with E-state index >= 15 is 0 Å². The third kappa shape index (κ3) is 4.54. The topological polar surface area (TPSA) is 3.24 Å². The van der Waals surface area contributed by atoms with E-state index in [1.54, 1.807) is 0 Å². The fourth-order valence-corrected chi connectivity index (χ4v) is 7.76. The third-order valence-electron chi connectivity index (χ3n) is 10.2. The first-order chi connectivity index (χ1) is 23.6. The van der Waals surface area contributed by atoms with E-state index in [4.69, 9.17) is 0 Å². The maximum Gasteiger partial charge on any atom is 0.0546 e. The molecule has 0 amide bonds. The molecule has 0 bridgehead atoms. The van der Waals surface area contributed by atoms with Gasteiger partial charge in [0.2, 0.25) is 0 Å². The lowest BCUT2D eigenvalue weighted by Crippen LogP contribution is -2.24. The Hall–Kier alpha value is -5.92. The minimum absolute atomic E-state index is 0.178. The lowest BCUT2D eigenvalue weighted by molar-refractivity contribution is 0.645. The minimum atomic E-state index is -0.178. The molecule has 0 atom stereocenters. The first kappa shape index (κ1) is 28.3. The number of para-hydroxylation sites is 1. The highest BCUT2D eigenvalue weighted by Crippen LogP contribution is 2.54. The lowest BCUT2D eigenvalue weighted by Gasteiger charge is -2.38. The van der Waals surface area contributed by atoms with Crippen LogP contribution in [0.1, 0.15) is 25.0 Å². The summed E-state index contributed by atoms with van der Waals surface area (Å²) >= 11 is 0. The smallest absolute Gasteiger partial charge is 0.0546 e. The van der Waals surface area contributed by atoms with Gasteiger partial charge in [-0.1, -0.05) is 147 Å². The monoisotopic (exact) mass is 613 g/mol. The fourth-order valence-electron chi connectivity index (χ4n) is 7.76. The molecule has 1 aliphatic rings. The van der Waals surface area contributed by atoms with Gasteiger partial charge >= 0.3 is 0 Å². The van der Waals surface area contributed by atoms with Gasteiger partial charge in [-0.3, -0.25) is 0 Å². The number of anilines is 3. The molecular formula is C47H35N. The van der Waals surface area contributed by atoms with Crippen LogP contribution in [-0.4, -0.2) is 0 Å². The molecule has 0 aliphatic heterocycles. The Labute approximate surface area is 282 Å². The van der Waals surface area contributed by atoms with Crippen LogP contribution in [0.5, 0.6) is 0 Å². The summed E-state index contributed by atoms with van der Waals surface area (Å²) in [6, 6.07) is 64.4. The Morgan fingerprint density at radius 3 is 1.77 bits per heavy atom. The molecule has 1 heteroatoms. The molecule has 48 heavy (non-hydrogen) atoms. The van der Waals surface area contributed by atoms with E-state index in [0.29, 0.717) is 0 Å². The lowest BCUT2D eigenvalue weighted by atomic mass is 9.67. The van der Waals surface area contributed by atoms with Gasteiger partial charge in [0.05, 0.1) is 5.69 Å². The molecule has 228 valence electrons. The van der Waals surface area contributed by atoms with Crippen molar-refractivity contribution < 1.29 is 0 Å². The van der Waals surface area contributed by atoms with E-state index in [2.05, 4.69) is 195 Å². The Bertz CT molecular complexity index is 2460. The van der Waals surface area contributed by atoms with Gasteiger partial charge in [-0.2, -0.15) is 0 Å². The highest BCUT2D eigenvalue weighted by atomic mass is 15.1. The quantitative estimate of drug-likeness (QED) is 0.187.